The van der Waals surface area contributed by atoms with E-state index >= 15 is 0 Å². The van der Waals surface area contributed by atoms with E-state index in [1.807, 2.05) is 24.4 Å². The van der Waals surface area contributed by atoms with E-state index in [4.69, 9.17) is 0 Å². The van der Waals surface area contributed by atoms with Gasteiger partial charge in [-0.2, -0.15) is 0 Å². The van der Waals surface area contributed by atoms with Gasteiger partial charge in [-0.25, -0.2) is 0 Å². The first-order chi connectivity index (χ1) is 7.83. The number of ketones is 1. The van der Waals surface area contributed by atoms with Gasteiger partial charge in [0, 0.05) is 24.4 Å². The van der Waals surface area contributed by atoms with Gasteiger partial charge in [0.1, 0.15) is 5.78 Å². The van der Waals surface area contributed by atoms with Crippen LogP contribution >= 0.6 is 0 Å². The second-order valence-corrected chi connectivity index (χ2v) is 4.44. The summed E-state index contributed by atoms with van der Waals surface area (Å²) in [5, 5.41) is 1.17. The van der Waals surface area contributed by atoms with Crippen LogP contribution in [0.2, 0.25) is 0 Å². The van der Waals surface area contributed by atoms with Gasteiger partial charge in [0.05, 0.1) is 5.52 Å². The quantitative estimate of drug-likeness (QED) is 0.725. The third-order valence-electron chi connectivity index (χ3n) is 3.33. The largest absolute Gasteiger partial charge is 0.300 e. The number of fused-ring (bicyclic) bond motifs is 1. The summed E-state index contributed by atoms with van der Waals surface area (Å²) in [4.78, 5) is 15.7. The molecule has 1 heterocycles. The summed E-state index contributed by atoms with van der Waals surface area (Å²) >= 11 is 0. The zero-order valence-electron chi connectivity index (χ0n) is 9.02. The van der Waals surface area contributed by atoms with Crippen molar-refractivity contribution in [3.05, 3.63) is 42.1 Å². The highest BCUT2D eigenvalue weighted by Gasteiger charge is 2.23. The van der Waals surface area contributed by atoms with Crippen LogP contribution in [-0.2, 0) is 4.79 Å². The van der Waals surface area contributed by atoms with Gasteiger partial charge in [-0.3, -0.25) is 9.78 Å². The van der Waals surface area contributed by atoms with Crippen LogP contribution in [0.4, 0.5) is 0 Å². The number of benzene rings is 1. The average Bonchev–Trinajstić information content (AvgIpc) is 2.75. The Hall–Kier alpha value is -1.70. The van der Waals surface area contributed by atoms with E-state index in [2.05, 4.69) is 17.1 Å². The topological polar surface area (TPSA) is 30.0 Å². The lowest BCUT2D eigenvalue weighted by molar-refractivity contribution is -0.117. The standard InChI is InChI=1S/C14H13NO/c16-13-6-5-10(8-13)12-7-11-3-1-2-4-14(11)15-9-12/h1-4,7,9-10H,5-6,8H2. The van der Waals surface area contributed by atoms with E-state index in [0.717, 1.165) is 18.4 Å². The number of para-hydroxylation sites is 1. The summed E-state index contributed by atoms with van der Waals surface area (Å²) in [6.45, 7) is 0. The molecule has 0 spiro atoms. The summed E-state index contributed by atoms with van der Waals surface area (Å²) < 4.78 is 0. The fourth-order valence-electron chi connectivity index (χ4n) is 2.41. The van der Waals surface area contributed by atoms with Gasteiger partial charge >= 0.3 is 0 Å². The van der Waals surface area contributed by atoms with Gasteiger partial charge in [0.25, 0.3) is 0 Å². The Kier molecular flexibility index (Phi) is 2.21. The van der Waals surface area contributed by atoms with E-state index in [0.29, 0.717) is 18.1 Å². The Bertz CT molecular complexity index is 547. The number of rotatable bonds is 1. The molecule has 1 atom stereocenters. The third kappa shape index (κ3) is 1.60. The van der Waals surface area contributed by atoms with E-state index in [1.54, 1.807) is 0 Å². The molecule has 3 rings (SSSR count). The molecule has 16 heavy (non-hydrogen) atoms. The molecule has 1 aromatic carbocycles. The van der Waals surface area contributed by atoms with E-state index in [1.165, 1.54) is 10.9 Å². The minimum Gasteiger partial charge on any atom is -0.300 e. The minimum absolute atomic E-state index is 0.387. The monoisotopic (exact) mass is 211 g/mol. The van der Waals surface area contributed by atoms with Crippen molar-refractivity contribution in [2.45, 2.75) is 25.2 Å². The number of carbonyl (C=O) groups is 1. The summed E-state index contributed by atoms with van der Waals surface area (Å²) in [6.07, 6.45) is 4.34. The normalized spacial score (nSPS) is 20.5. The van der Waals surface area contributed by atoms with Crippen LogP contribution in [0.15, 0.2) is 36.5 Å². The van der Waals surface area contributed by atoms with Gasteiger partial charge in [-0.1, -0.05) is 18.2 Å². The molecule has 0 saturated heterocycles. The molecule has 2 nitrogen and oxygen atoms in total. The summed E-state index contributed by atoms with van der Waals surface area (Å²) in [6, 6.07) is 10.3. The molecule has 1 fully saturated rings. The molecule has 0 amide bonds. The number of aromatic nitrogens is 1. The SMILES string of the molecule is O=C1CCC(c2cnc3ccccc3c2)C1. The highest BCUT2D eigenvalue weighted by atomic mass is 16.1. The minimum atomic E-state index is 0.387. The Balaban J connectivity index is 2.02. The number of hydrogen-bond donors (Lipinski definition) is 0. The summed E-state index contributed by atoms with van der Waals surface area (Å²) in [5.74, 6) is 0.780. The highest BCUT2D eigenvalue weighted by molar-refractivity contribution is 5.83. The molecular weight excluding hydrogens is 198 g/mol. The molecule has 1 aliphatic carbocycles. The highest BCUT2D eigenvalue weighted by Crippen LogP contribution is 2.32. The molecule has 1 saturated carbocycles. The van der Waals surface area contributed by atoms with Crippen molar-refractivity contribution >= 4 is 16.7 Å². The van der Waals surface area contributed by atoms with Crippen LogP contribution in [-0.4, -0.2) is 10.8 Å². The predicted octanol–water partition coefficient (Wildman–Crippen LogP) is 3.07. The molecule has 1 aromatic heterocycles. The van der Waals surface area contributed by atoms with Gasteiger partial charge in [-0.05, 0) is 30.0 Å². The number of Topliss-reactive ketones (excluding diaryl/α,β-unsaturated/α-hetero) is 1. The Labute approximate surface area is 94.3 Å². The summed E-state index contributed by atoms with van der Waals surface area (Å²) in [5.41, 5.74) is 2.24. The Morgan fingerprint density at radius 1 is 1.25 bits per heavy atom. The van der Waals surface area contributed by atoms with Gasteiger partial charge in [0.2, 0.25) is 0 Å². The molecular formula is C14H13NO. The van der Waals surface area contributed by atoms with Crippen molar-refractivity contribution in [2.75, 3.05) is 0 Å². The van der Waals surface area contributed by atoms with Crippen LogP contribution < -0.4 is 0 Å². The third-order valence-corrected chi connectivity index (χ3v) is 3.33. The zero-order chi connectivity index (χ0) is 11.0. The van der Waals surface area contributed by atoms with Gasteiger partial charge in [-0.15, -0.1) is 0 Å². The van der Waals surface area contributed by atoms with Gasteiger partial charge in [0.15, 0.2) is 0 Å². The molecule has 2 aromatic rings. The number of hydrogen-bond acceptors (Lipinski definition) is 2. The number of carbonyl (C=O) groups excluding carboxylic acids is 1. The van der Waals surface area contributed by atoms with E-state index < -0.39 is 0 Å². The first-order valence-corrected chi connectivity index (χ1v) is 5.69. The van der Waals surface area contributed by atoms with Crippen LogP contribution in [0, 0.1) is 0 Å². The first kappa shape index (κ1) is 9.52. The molecule has 0 N–H and O–H groups in total. The maximum absolute atomic E-state index is 11.3. The first-order valence-electron chi connectivity index (χ1n) is 5.69. The average molecular weight is 211 g/mol. The maximum atomic E-state index is 11.3. The second kappa shape index (κ2) is 3.71. The second-order valence-electron chi connectivity index (χ2n) is 4.44. The number of pyridine rings is 1. The molecule has 0 radical (unpaired) electrons. The fraction of sp³-hybridized carbons (Fsp3) is 0.286. The molecule has 2 heteroatoms. The van der Waals surface area contributed by atoms with Gasteiger partial charge < -0.3 is 0 Å². The lowest BCUT2D eigenvalue weighted by Gasteiger charge is -2.08. The lowest BCUT2D eigenvalue weighted by atomic mass is 9.98. The van der Waals surface area contributed by atoms with Crippen LogP contribution in [0.25, 0.3) is 10.9 Å². The van der Waals surface area contributed by atoms with Crippen molar-refractivity contribution in [1.29, 1.82) is 0 Å². The molecule has 80 valence electrons. The lowest BCUT2D eigenvalue weighted by Crippen LogP contribution is -1.95. The van der Waals surface area contributed by atoms with E-state index in [-0.39, 0.29) is 0 Å². The van der Waals surface area contributed by atoms with Crippen LogP contribution in [0.5, 0.6) is 0 Å². The molecule has 1 aliphatic rings. The molecule has 0 bridgehead atoms. The smallest absolute Gasteiger partial charge is 0.133 e. The van der Waals surface area contributed by atoms with Crippen molar-refractivity contribution < 1.29 is 4.79 Å². The zero-order valence-corrected chi connectivity index (χ0v) is 9.02. The molecule has 0 aliphatic heterocycles. The predicted molar refractivity (Wildman–Crippen MR) is 63.3 cm³/mol. The van der Waals surface area contributed by atoms with Crippen molar-refractivity contribution in [1.82, 2.24) is 4.98 Å². The number of nitrogens with zero attached hydrogens (tertiary/aromatic N) is 1. The van der Waals surface area contributed by atoms with E-state index in [9.17, 15) is 4.79 Å². The van der Waals surface area contributed by atoms with Crippen molar-refractivity contribution in [3.63, 3.8) is 0 Å². The Morgan fingerprint density at radius 3 is 2.94 bits per heavy atom. The fourth-order valence-corrected chi connectivity index (χ4v) is 2.41. The summed E-state index contributed by atoms with van der Waals surface area (Å²) in [7, 11) is 0. The van der Waals surface area contributed by atoms with Crippen molar-refractivity contribution in [3.8, 4) is 0 Å². The maximum Gasteiger partial charge on any atom is 0.133 e. The van der Waals surface area contributed by atoms with Crippen LogP contribution in [0.3, 0.4) is 0 Å². The van der Waals surface area contributed by atoms with Crippen LogP contribution in [0.1, 0.15) is 30.7 Å². The van der Waals surface area contributed by atoms with Crippen molar-refractivity contribution in [2.24, 2.45) is 0 Å². The Morgan fingerprint density at radius 2 is 2.12 bits per heavy atom. The molecule has 1 unspecified atom stereocenters.